The Bertz CT molecular complexity index is 654. The number of thiazole rings is 1. The van der Waals surface area contributed by atoms with Crippen LogP contribution in [0.1, 0.15) is 43.5 Å². The summed E-state index contributed by atoms with van der Waals surface area (Å²) in [5.41, 5.74) is 2.10. The zero-order chi connectivity index (χ0) is 16.8. The molecule has 0 aliphatic heterocycles. The van der Waals surface area contributed by atoms with Crippen LogP contribution in [0.3, 0.4) is 0 Å². The summed E-state index contributed by atoms with van der Waals surface area (Å²) in [4.78, 5) is 18.2. The van der Waals surface area contributed by atoms with Crippen molar-refractivity contribution in [3.05, 3.63) is 45.9 Å². The molecule has 1 unspecified atom stereocenters. The summed E-state index contributed by atoms with van der Waals surface area (Å²) in [7, 11) is 0. The SMILES string of the molecule is CCC(C)N(Cc1csc(COc2cccc(C)c2)n1)C(C)=O. The second-order valence-corrected chi connectivity index (χ2v) is 6.68. The number of benzene rings is 1. The molecular weight excluding hydrogens is 308 g/mol. The largest absolute Gasteiger partial charge is 0.486 e. The van der Waals surface area contributed by atoms with Gasteiger partial charge in [0.15, 0.2) is 0 Å². The smallest absolute Gasteiger partial charge is 0.220 e. The van der Waals surface area contributed by atoms with Gasteiger partial charge in [-0.3, -0.25) is 4.79 Å². The highest BCUT2D eigenvalue weighted by molar-refractivity contribution is 7.09. The van der Waals surface area contributed by atoms with Gasteiger partial charge < -0.3 is 9.64 Å². The maximum atomic E-state index is 11.8. The highest BCUT2D eigenvalue weighted by Gasteiger charge is 2.17. The molecule has 0 saturated heterocycles. The maximum absolute atomic E-state index is 11.8. The van der Waals surface area contributed by atoms with Crippen molar-refractivity contribution in [3.63, 3.8) is 0 Å². The van der Waals surface area contributed by atoms with E-state index >= 15 is 0 Å². The molecular formula is C18H24N2O2S. The monoisotopic (exact) mass is 332 g/mol. The van der Waals surface area contributed by atoms with Gasteiger partial charge in [0.05, 0.1) is 12.2 Å². The molecule has 0 N–H and O–H groups in total. The van der Waals surface area contributed by atoms with Gasteiger partial charge in [-0.05, 0) is 38.0 Å². The summed E-state index contributed by atoms with van der Waals surface area (Å²) in [6, 6.07) is 8.20. The van der Waals surface area contributed by atoms with E-state index in [2.05, 4.69) is 18.8 Å². The Labute approximate surface area is 142 Å². The first-order chi connectivity index (χ1) is 11.0. The zero-order valence-corrected chi connectivity index (χ0v) is 15.0. The third kappa shape index (κ3) is 5.06. The molecule has 5 heteroatoms. The highest BCUT2D eigenvalue weighted by atomic mass is 32.1. The molecule has 0 radical (unpaired) electrons. The molecule has 1 heterocycles. The molecule has 1 amide bonds. The van der Waals surface area contributed by atoms with Crippen molar-refractivity contribution < 1.29 is 9.53 Å². The van der Waals surface area contributed by atoms with Crippen LogP contribution in [0.4, 0.5) is 0 Å². The number of aromatic nitrogens is 1. The fourth-order valence-electron chi connectivity index (χ4n) is 2.31. The zero-order valence-electron chi connectivity index (χ0n) is 14.2. The lowest BCUT2D eigenvalue weighted by atomic mass is 10.2. The number of rotatable bonds is 7. The molecule has 1 aromatic carbocycles. The Morgan fingerprint density at radius 1 is 1.43 bits per heavy atom. The second kappa shape index (κ2) is 8.11. The molecule has 124 valence electrons. The van der Waals surface area contributed by atoms with E-state index in [1.165, 1.54) is 5.56 Å². The molecule has 1 atom stereocenters. The van der Waals surface area contributed by atoms with Crippen molar-refractivity contribution in [1.29, 1.82) is 0 Å². The van der Waals surface area contributed by atoms with Gasteiger partial charge in [0.25, 0.3) is 0 Å². The number of amides is 1. The summed E-state index contributed by atoms with van der Waals surface area (Å²) in [6.45, 7) is 8.82. The van der Waals surface area contributed by atoms with E-state index in [0.717, 1.165) is 22.9 Å². The lowest BCUT2D eigenvalue weighted by molar-refractivity contribution is -0.131. The van der Waals surface area contributed by atoms with Crippen LogP contribution in [0.5, 0.6) is 5.75 Å². The average molecular weight is 332 g/mol. The van der Waals surface area contributed by atoms with Gasteiger partial charge in [-0.25, -0.2) is 4.98 Å². The lowest BCUT2D eigenvalue weighted by Gasteiger charge is -2.26. The van der Waals surface area contributed by atoms with E-state index in [1.807, 2.05) is 41.5 Å². The van der Waals surface area contributed by atoms with Gasteiger partial charge in [-0.15, -0.1) is 11.3 Å². The van der Waals surface area contributed by atoms with Gasteiger partial charge in [0.2, 0.25) is 5.91 Å². The van der Waals surface area contributed by atoms with Crippen LogP contribution in [-0.2, 0) is 17.9 Å². The van der Waals surface area contributed by atoms with Crippen LogP contribution in [0.15, 0.2) is 29.6 Å². The molecule has 2 aromatic rings. The van der Waals surface area contributed by atoms with Crippen LogP contribution < -0.4 is 4.74 Å². The number of carbonyl (C=O) groups excluding carboxylic acids is 1. The molecule has 0 spiro atoms. The van der Waals surface area contributed by atoms with Gasteiger partial charge in [-0.2, -0.15) is 0 Å². The van der Waals surface area contributed by atoms with Gasteiger partial charge in [0.1, 0.15) is 17.4 Å². The first-order valence-corrected chi connectivity index (χ1v) is 8.77. The molecule has 0 saturated carbocycles. The second-order valence-electron chi connectivity index (χ2n) is 5.74. The van der Waals surface area contributed by atoms with Crippen molar-refractivity contribution >= 4 is 17.2 Å². The van der Waals surface area contributed by atoms with Crippen LogP contribution in [0, 0.1) is 6.92 Å². The van der Waals surface area contributed by atoms with Crippen LogP contribution >= 0.6 is 11.3 Å². The van der Waals surface area contributed by atoms with E-state index in [-0.39, 0.29) is 11.9 Å². The molecule has 4 nitrogen and oxygen atoms in total. The lowest BCUT2D eigenvalue weighted by Crippen LogP contribution is -2.36. The first kappa shape index (κ1) is 17.5. The van der Waals surface area contributed by atoms with E-state index < -0.39 is 0 Å². The standard InChI is InChI=1S/C18H24N2O2S/c1-5-14(3)20(15(4)21)10-16-12-23-18(19-16)11-22-17-8-6-7-13(2)9-17/h6-9,12,14H,5,10-11H2,1-4H3. The molecule has 2 rings (SSSR count). The summed E-state index contributed by atoms with van der Waals surface area (Å²) in [5, 5.41) is 2.93. The number of carbonyl (C=O) groups is 1. The summed E-state index contributed by atoms with van der Waals surface area (Å²) in [5.74, 6) is 0.941. The maximum Gasteiger partial charge on any atom is 0.220 e. The summed E-state index contributed by atoms with van der Waals surface area (Å²) < 4.78 is 5.77. The van der Waals surface area contributed by atoms with E-state index in [9.17, 15) is 4.79 Å². The minimum absolute atomic E-state index is 0.0879. The molecule has 0 fully saturated rings. The molecule has 0 bridgehead atoms. The first-order valence-electron chi connectivity index (χ1n) is 7.89. The average Bonchev–Trinajstić information content (AvgIpc) is 2.97. The Morgan fingerprint density at radius 3 is 2.87 bits per heavy atom. The van der Waals surface area contributed by atoms with Gasteiger partial charge in [-0.1, -0.05) is 19.1 Å². The van der Waals surface area contributed by atoms with Crippen LogP contribution in [0.25, 0.3) is 0 Å². The molecule has 0 aliphatic carbocycles. The Hall–Kier alpha value is -1.88. The fourth-order valence-corrected chi connectivity index (χ4v) is 3.01. The molecule has 0 aliphatic rings. The van der Waals surface area contributed by atoms with Gasteiger partial charge >= 0.3 is 0 Å². The Morgan fingerprint density at radius 2 is 2.22 bits per heavy atom. The van der Waals surface area contributed by atoms with Crippen molar-refractivity contribution in [2.24, 2.45) is 0 Å². The van der Waals surface area contributed by atoms with E-state index in [1.54, 1.807) is 18.3 Å². The van der Waals surface area contributed by atoms with Crippen molar-refractivity contribution in [2.45, 2.75) is 53.3 Å². The normalized spacial score (nSPS) is 12.0. The minimum atomic E-state index is 0.0879. The number of hydrogen-bond donors (Lipinski definition) is 0. The predicted octanol–water partition coefficient (Wildman–Crippen LogP) is 4.18. The number of ether oxygens (including phenoxy) is 1. The van der Waals surface area contributed by atoms with Crippen molar-refractivity contribution in [1.82, 2.24) is 9.88 Å². The summed E-state index contributed by atoms with van der Waals surface area (Å²) >= 11 is 1.57. The highest BCUT2D eigenvalue weighted by Crippen LogP contribution is 2.18. The molecule has 1 aromatic heterocycles. The Balaban J connectivity index is 1.96. The van der Waals surface area contributed by atoms with E-state index in [0.29, 0.717) is 13.2 Å². The van der Waals surface area contributed by atoms with Crippen molar-refractivity contribution in [3.8, 4) is 5.75 Å². The quantitative estimate of drug-likeness (QED) is 0.764. The van der Waals surface area contributed by atoms with Crippen LogP contribution in [0.2, 0.25) is 0 Å². The third-order valence-electron chi connectivity index (χ3n) is 3.81. The number of hydrogen-bond acceptors (Lipinski definition) is 4. The summed E-state index contributed by atoms with van der Waals surface area (Å²) in [6.07, 6.45) is 0.938. The minimum Gasteiger partial charge on any atom is -0.486 e. The van der Waals surface area contributed by atoms with Crippen LogP contribution in [-0.4, -0.2) is 21.8 Å². The van der Waals surface area contributed by atoms with E-state index in [4.69, 9.17) is 4.74 Å². The number of nitrogens with zero attached hydrogens (tertiary/aromatic N) is 2. The molecule has 23 heavy (non-hydrogen) atoms. The Kier molecular flexibility index (Phi) is 6.16. The van der Waals surface area contributed by atoms with Crippen molar-refractivity contribution in [2.75, 3.05) is 0 Å². The third-order valence-corrected chi connectivity index (χ3v) is 4.68. The van der Waals surface area contributed by atoms with Gasteiger partial charge in [0, 0.05) is 18.3 Å². The predicted molar refractivity (Wildman–Crippen MR) is 93.6 cm³/mol. The number of aryl methyl sites for hydroxylation is 1. The topological polar surface area (TPSA) is 42.4 Å². The fraction of sp³-hybridized carbons (Fsp3) is 0.444.